The van der Waals surface area contributed by atoms with Crippen molar-refractivity contribution in [2.45, 2.75) is 33.1 Å². The zero-order valence-corrected chi connectivity index (χ0v) is 13.2. The number of rotatable bonds is 6. The predicted molar refractivity (Wildman–Crippen MR) is 86.3 cm³/mol. The number of anilines is 2. The van der Waals surface area contributed by atoms with Crippen LogP contribution in [0.5, 0.6) is 0 Å². The molecular weight excluding hydrogens is 290 g/mol. The molecule has 0 fully saturated rings. The highest BCUT2D eigenvalue weighted by Crippen LogP contribution is 2.24. The van der Waals surface area contributed by atoms with Crippen molar-refractivity contribution in [3.05, 3.63) is 23.2 Å². The normalized spacial score (nSPS) is 10.2. The van der Waals surface area contributed by atoms with Crippen LogP contribution in [-0.4, -0.2) is 29.8 Å². The van der Waals surface area contributed by atoms with Crippen molar-refractivity contribution in [2.24, 2.45) is 0 Å². The molecule has 0 unspecified atom stereocenters. The molecule has 0 aliphatic rings. The summed E-state index contributed by atoms with van der Waals surface area (Å²) in [6.07, 6.45) is 2.66. The van der Waals surface area contributed by atoms with Crippen LogP contribution in [-0.2, 0) is 9.59 Å². The first-order chi connectivity index (χ1) is 9.99. The second kappa shape index (κ2) is 8.52. The average Bonchev–Trinajstić information content (AvgIpc) is 2.45. The maximum atomic E-state index is 12.2. The maximum Gasteiger partial charge on any atom is 0.313 e. The smallest absolute Gasteiger partial charge is 0.313 e. The van der Waals surface area contributed by atoms with E-state index >= 15 is 0 Å². The summed E-state index contributed by atoms with van der Waals surface area (Å²) in [6.45, 7) is 5.18. The Balaban J connectivity index is 2.73. The molecule has 0 aromatic heterocycles. The van der Waals surface area contributed by atoms with Crippen molar-refractivity contribution in [1.29, 1.82) is 0 Å². The van der Waals surface area contributed by atoms with Crippen LogP contribution in [0.3, 0.4) is 0 Å². The Morgan fingerprint density at radius 1 is 1.24 bits per heavy atom. The summed E-state index contributed by atoms with van der Waals surface area (Å²) < 4.78 is 0. The molecule has 1 aromatic carbocycles. The fourth-order valence-electron chi connectivity index (χ4n) is 1.89. The minimum absolute atomic E-state index is 0.312. The first-order valence-electron chi connectivity index (χ1n) is 7.14. The summed E-state index contributed by atoms with van der Waals surface area (Å²) in [5.41, 5.74) is 6.47. The predicted octanol–water partition coefficient (Wildman–Crippen LogP) is 2.90. The van der Waals surface area contributed by atoms with E-state index in [1.54, 1.807) is 17.0 Å². The number of nitrogen functional groups attached to an aromatic ring is 1. The van der Waals surface area contributed by atoms with Crippen LogP contribution < -0.4 is 11.1 Å². The first-order valence-corrected chi connectivity index (χ1v) is 7.52. The SMILES string of the molecule is CCCCN(CCC)C(=O)C(=O)Nc1ccc(N)cc1Cl. The summed E-state index contributed by atoms with van der Waals surface area (Å²) in [4.78, 5) is 25.8. The molecule has 0 saturated carbocycles. The summed E-state index contributed by atoms with van der Waals surface area (Å²) in [6, 6.07) is 4.73. The second-order valence-corrected chi connectivity index (χ2v) is 5.25. The van der Waals surface area contributed by atoms with Gasteiger partial charge in [-0.1, -0.05) is 31.9 Å². The molecule has 0 aliphatic carbocycles. The number of amides is 2. The number of nitrogens with two attached hydrogens (primary N) is 1. The molecule has 0 heterocycles. The number of halogens is 1. The van der Waals surface area contributed by atoms with Crippen molar-refractivity contribution in [1.82, 2.24) is 4.90 Å². The molecule has 0 aliphatic heterocycles. The second-order valence-electron chi connectivity index (χ2n) is 4.84. The lowest BCUT2D eigenvalue weighted by Gasteiger charge is -2.21. The highest BCUT2D eigenvalue weighted by Gasteiger charge is 2.21. The van der Waals surface area contributed by atoms with Crippen LogP contribution in [0.1, 0.15) is 33.1 Å². The zero-order chi connectivity index (χ0) is 15.8. The molecule has 21 heavy (non-hydrogen) atoms. The molecule has 116 valence electrons. The highest BCUT2D eigenvalue weighted by molar-refractivity contribution is 6.41. The van der Waals surface area contributed by atoms with E-state index in [1.807, 2.05) is 13.8 Å². The molecule has 6 heteroatoms. The fourth-order valence-corrected chi connectivity index (χ4v) is 2.12. The lowest BCUT2D eigenvalue weighted by Crippen LogP contribution is -2.40. The summed E-state index contributed by atoms with van der Waals surface area (Å²) in [5.74, 6) is -1.20. The standard InChI is InChI=1S/C15H22ClN3O2/c1-3-5-9-19(8-4-2)15(21)14(20)18-13-7-6-11(17)10-12(13)16/h6-7,10H,3-5,8-9,17H2,1-2H3,(H,18,20). The van der Waals surface area contributed by atoms with Gasteiger partial charge in [-0.05, 0) is 31.0 Å². The van der Waals surface area contributed by atoms with E-state index in [9.17, 15) is 9.59 Å². The van der Waals surface area contributed by atoms with E-state index in [4.69, 9.17) is 17.3 Å². The molecule has 3 N–H and O–H groups in total. The minimum Gasteiger partial charge on any atom is -0.399 e. The Hall–Kier alpha value is -1.75. The van der Waals surface area contributed by atoms with Gasteiger partial charge in [0.05, 0.1) is 10.7 Å². The summed E-state index contributed by atoms with van der Waals surface area (Å²) >= 11 is 5.98. The maximum absolute atomic E-state index is 12.2. The van der Waals surface area contributed by atoms with Crippen molar-refractivity contribution in [3.8, 4) is 0 Å². The highest BCUT2D eigenvalue weighted by atomic mass is 35.5. The van der Waals surface area contributed by atoms with Crippen molar-refractivity contribution >= 4 is 34.8 Å². The van der Waals surface area contributed by atoms with Gasteiger partial charge in [-0.3, -0.25) is 9.59 Å². The molecule has 0 saturated heterocycles. The first kappa shape index (κ1) is 17.3. The van der Waals surface area contributed by atoms with Crippen LogP contribution >= 0.6 is 11.6 Å². The third kappa shape index (κ3) is 5.27. The van der Waals surface area contributed by atoms with Gasteiger partial charge in [-0.25, -0.2) is 0 Å². The Morgan fingerprint density at radius 3 is 2.52 bits per heavy atom. The van der Waals surface area contributed by atoms with E-state index in [0.29, 0.717) is 29.5 Å². The molecule has 2 amide bonds. The van der Waals surface area contributed by atoms with Gasteiger partial charge in [-0.15, -0.1) is 0 Å². The number of nitrogens with zero attached hydrogens (tertiary/aromatic N) is 1. The summed E-state index contributed by atoms with van der Waals surface area (Å²) in [5, 5.41) is 2.85. The number of carbonyl (C=O) groups is 2. The Morgan fingerprint density at radius 2 is 1.95 bits per heavy atom. The number of hydrogen-bond acceptors (Lipinski definition) is 3. The van der Waals surface area contributed by atoms with E-state index in [-0.39, 0.29) is 0 Å². The van der Waals surface area contributed by atoms with Crippen molar-refractivity contribution in [3.63, 3.8) is 0 Å². The number of unbranched alkanes of at least 4 members (excludes halogenated alkanes) is 1. The van der Waals surface area contributed by atoms with Crippen LogP contribution in [0, 0.1) is 0 Å². The molecule has 0 spiro atoms. The molecule has 5 nitrogen and oxygen atoms in total. The van der Waals surface area contributed by atoms with E-state index < -0.39 is 11.8 Å². The number of nitrogens with one attached hydrogen (secondary N) is 1. The molecular formula is C15H22ClN3O2. The van der Waals surface area contributed by atoms with Crippen molar-refractivity contribution in [2.75, 3.05) is 24.1 Å². The number of carbonyl (C=O) groups excluding carboxylic acids is 2. The topological polar surface area (TPSA) is 75.4 Å². The van der Waals surface area contributed by atoms with Gasteiger partial charge in [0.15, 0.2) is 0 Å². The van der Waals surface area contributed by atoms with Crippen molar-refractivity contribution < 1.29 is 9.59 Å². The lowest BCUT2D eigenvalue weighted by atomic mass is 10.2. The molecule has 1 rings (SSSR count). The monoisotopic (exact) mass is 311 g/mol. The quantitative estimate of drug-likeness (QED) is 0.626. The Bertz CT molecular complexity index is 506. The van der Waals surface area contributed by atoms with Gasteiger partial charge in [0.2, 0.25) is 0 Å². The van der Waals surface area contributed by atoms with Gasteiger partial charge in [0, 0.05) is 18.8 Å². The summed E-state index contributed by atoms with van der Waals surface area (Å²) in [7, 11) is 0. The lowest BCUT2D eigenvalue weighted by molar-refractivity contribution is -0.143. The van der Waals surface area contributed by atoms with Crippen LogP contribution in [0.4, 0.5) is 11.4 Å². The van der Waals surface area contributed by atoms with E-state index in [1.165, 1.54) is 6.07 Å². The number of benzene rings is 1. The largest absolute Gasteiger partial charge is 0.399 e. The molecule has 0 atom stereocenters. The van der Waals surface area contributed by atoms with Gasteiger partial charge in [0.25, 0.3) is 0 Å². The van der Waals surface area contributed by atoms with Gasteiger partial charge < -0.3 is 16.0 Å². The Kier molecular flexibility index (Phi) is 7.02. The van der Waals surface area contributed by atoms with Crippen LogP contribution in [0.25, 0.3) is 0 Å². The fraction of sp³-hybridized carbons (Fsp3) is 0.467. The number of hydrogen-bond donors (Lipinski definition) is 2. The van der Waals surface area contributed by atoms with E-state index in [2.05, 4.69) is 5.32 Å². The van der Waals surface area contributed by atoms with Gasteiger partial charge in [-0.2, -0.15) is 0 Å². The molecule has 1 aromatic rings. The van der Waals surface area contributed by atoms with E-state index in [0.717, 1.165) is 19.3 Å². The van der Waals surface area contributed by atoms with Gasteiger partial charge in [0.1, 0.15) is 0 Å². The third-order valence-corrected chi connectivity index (χ3v) is 3.31. The minimum atomic E-state index is -0.675. The Labute approximate surface area is 130 Å². The zero-order valence-electron chi connectivity index (χ0n) is 12.5. The average molecular weight is 312 g/mol. The third-order valence-electron chi connectivity index (χ3n) is 3.00. The molecule has 0 radical (unpaired) electrons. The van der Waals surface area contributed by atoms with Gasteiger partial charge >= 0.3 is 11.8 Å². The van der Waals surface area contributed by atoms with Crippen LogP contribution in [0.15, 0.2) is 18.2 Å². The van der Waals surface area contributed by atoms with Crippen LogP contribution in [0.2, 0.25) is 5.02 Å². The molecule has 0 bridgehead atoms.